The Kier molecular flexibility index (Phi) is 6.96. The smallest absolute Gasteiger partial charge is 0.416 e. The van der Waals surface area contributed by atoms with Gasteiger partial charge in [0.15, 0.2) is 6.10 Å². The molecule has 2 aromatic rings. The van der Waals surface area contributed by atoms with Crippen molar-refractivity contribution in [3.63, 3.8) is 0 Å². The average molecular weight is 439 g/mol. The Balaban J connectivity index is 1.82. The molecule has 0 bridgehead atoms. The predicted octanol–water partition coefficient (Wildman–Crippen LogP) is 2.66. The van der Waals surface area contributed by atoms with Crippen LogP contribution in [0.5, 0.6) is 5.75 Å². The largest absolute Gasteiger partial charge is 0.488 e. The third kappa shape index (κ3) is 5.61. The molecule has 3 rings (SSSR count). The number of alkyl halides is 3. The van der Waals surface area contributed by atoms with Crippen LogP contribution in [0, 0.1) is 5.41 Å². The van der Waals surface area contributed by atoms with Gasteiger partial charge in [-0.05, 0) is 25.1 Å². The predicted molar refractivity (Wildman–Crippen MR) is 109 cm³/mol. The molecule has 1 fully saturated rings. The Bertz CT molecular complexity index is 925. The van der Waals surface area contributed by atoms with E-state index in [0.29, 0.717) is 23.6 Å². The first-order valence-electron chi connectivity index (χ1n) is 9.58. The average Bonchev–Trinajstić information content (AvgIpc) is 2.74. The van der Waals surface area contributed by atoms with Crippen LogP contribution in [0.3, 0.4) is 0 Å². The summed E-state index contributed by atoms with van der Waals surface area (Å²) in [5.41, 5.74) is 7.02. The second kappa shape index (κ2) is 9.48. The highest BCUT2D eigenvalue weighted by Crippen LogP contribution is 2.28. The first-order chi connectivity index (χ1) is 14.7. The summed E-state index contributed by atoms with van der Waals surface area (Å²) in [6, 6.07) is 6.41. The van der Waals surface area contributed by atoms with Gasteiger partial charge in [-0.15, -0.1) is 0 Å². The van der Waals surface area contributed by atoms with Gasteiger partial charge in [-0.3, -0.25) is 5.41 Å². The molecule has 31 heavy (non-hydrogen) atoms. The molecular weight excluding hydrogens is 415 g/mol. The Morgan fingerprint density at radius 2 is 2.13 bits per heavy atom. The van der Waals surface area contributed by atoms with Crippen molar-refractivity contribution >= 4 is 17.2 Å². The number of methoxy groups -OCH3 is 1. The molecule has 3 N–H and O–H groups in total. The molecule has 0 radical (unpaired) electrons. The van der Waals surface area contributed by atoms with Gasteiger partial charge in [-0.25, -0.2) is 9.97 Å². The van der Waals surface area contributed by atoms with Crippen LogP contribution in [0.2, 0.25) is 0 Å². The summed E-state index contributed by atoms with van der Waals surface area (Å²) < 4.78 is 54.7. The molecule has 1 unspecified atom stereocenters. The van der Waals surface area contributed by atoms with Crippen LogP contribution in [-0.2, 0) is 9.47 Å². The van der Waals surface area contributed by atoms with Gasteiger partial charge in [0.05, 0.1) is 31.2 Å². The lowest BCUT2D eigenvalue weighted by molar-refractivity contribution is -0.221. The molecule has 2 heterocycles. The van der Waals surface area contributed by atoms with Gasteiger partial charge in [0.1, 0.15) is 24.0 Å². The number of ether oxygens (including phenoxy) is 3. The van der Waals surface area contributed by atoms with E-state index in [1.165, 1.54) is 17.3 Å². The van der Waals surface area contributed by atoms with Crippen molar-refractivity contribution in [3.05, 3.63) is 41.9 Å². The van der Waals surface area contributed by atoms with Crippen LogP contribution < -0.4 is 15.4 Å². The van der Waals surface area contributed by atoms with Crippen molar-refractivity contribution in [1.29, 1.82) is 5.41 Å². The van der Waals surface area contributed by atoms with Gasteiger partial charge in [0.25, 0.3) is 0 Å². The van der Waals surface area contributed by atoms with Crippen LogP contribution in [-0.4, -0.2) is 67.5 Å². The third-order valence-electron chi connectivity index (χ3n) is 4.70. The lowest BCUT2D eigenvalue weighted by Gasteiger charge is -2.34. The minimum Gasteiger partial charge on any atom is -0.488 e. The lowest BCUT2D eigenvalue weighted by atomic mass is 10.0. The Labute approximate surface area is 177 Å². The molecule has 1 saturated heterocycles. The molecule has 0 saturated carbocycles. The fourth-order valence-corrected chi connectivity index (χ4v) is 3.18. The lowest BCUT2D eigenvalue weighted by Crippen LogP contribution is -2.49. The van der Waals surface area contributed by atoms with E-state index in [-0.39, 0.29) is 43.0 Å². The minimum atomic E-state index is -4.46. The standard InChI is InChI=1S/C20H24F3N5O3/c1-12(10-29-2)31-13-3-4-15(24)14(7-13)19(25)16-8-18(27-11-26-16)28-5-6-30-17(9-28)20(21,22)23/h3-4,7-8,11-12,17,25H,5-6,9-10,24H2,1-2H3/t12-,17?/m0/s1. The summed E-state index contributed by atoms with van der Waals surface area (Å²) >= 11 is 0. The maximum absolute atomic E-state index is 13.0. The normalized spacial score (nSPS) is 18.0. The maximum Gasteiger partial charge on any atom is 0.416 e. The highest BCUT2D eigenvalue weighted by atomic mass is 19.4. The third-order valence-corrected chi connectivity index (χ3v) is 4.70. The number of nitrogens with one attached hydrogen (secondary N) is 1. The van der Waals surface area contributed by atoms with Crippen molar-refractivity contribution in [3.8, 4) is 5.75 Å². The second-order valence-electron chi connectivity index (χ2n) is 7.12. The van der Waals surface area contributed by atoms with Crippen molar-refractivity contribution in [2.24, 2.45) is 0 Å². The summed E-state index contributed by atoms with van der Waals surface area (Å²) in [5, 5.41) is 8.55. The number of benzene rings is 1. The number of nitrogen functional groups attached to an aromatic ring is 1. The summed E-state index contributed by atoms with van der Waals surface area (Å²) in [7, 11) is 1.57. The topological polar surface area (TPSA) is 107 Å². The molecular formula is C20H24F3N5O3. The summed E-state index contributed by atoms with van der Waals surface area (Å²) in [5.74, 6) is 0.793. The van der Waals surface area contributed by atoms with E-state index in [4.69, 9.17) is 25.4 Å². The van der Waals surface area contributed by atoms with E-state index in [1.807, 2.05) is 6.92 Å². The SMILES string of the molecule is COC[C@H](C)Oc1ccc(N)c(C(=N)c2cc(N3CCOC(C(F)(F)F)C3)ncn2)c1. The van der Waals surface area contributed by atoms with E-state index < -0.39 is 12.3 Å². The molecule has 1 aromatic heterocycles. The Morgan fingerprint density at radius 1 is 1.35 bits per heavy atom. The first-order valence-corrected chi connectivity index (χ1v) is 9.58. The van der Waals surface area contributed by atoms with Crippen molar-refractivity contribution in [2.45, 2.75) is 25.3 Å². The van der Waals surface area contributed by atoms with Crippen LogP contribution >= 0.6 is 0 Å². The summed E-state index contributed by atoms with van der Waals surface area (Å²) in [4.78, 5) is 9.66. The fraction of sp³-hybridized carbons (Fsp3) is 0.450. The quantitative estimate of drug-likeness (QED) is 0.505. The number of nitrogens with zero attached hydrogens (tertiary/aromatic N) is 3. The van der Waals surface area contributed by atoms with Crippen LogP contribution in [0.1, 0.15) is 18.2 Å². The van der Waals surface area contributed by atoms with Gasteiger partial charge < -0.3 is 24.8 Å². The van der Waals surface area contributed by atoms with E-state index >= 15 is 0 Å². The van der Waals surface area contributed by atoms with Crippen molar-refractivity contribution in [2.75, 3.05) is 44.0 Å². The molecule has 8 nitrogen and oxygen atoms in total. The number of aromatic nitrogens is 2. The highest BCUT2D eigenvalue weighted by molar-refractivity contribution is 6.13. The molecule has 11 heteroatoms. The van der Waals surface area contributed by atoms with Gasteiger partial charge in [-0.1, -0.05) is 0 Å². The molecule has 0 aliphatic carbocycles. The molecule has 1 aliphatic rings. The zero-order valence-electron chi connectivity index (χ0n) is 17.1. The maximum atomic E-state index is 13.0. The first kappa shape index (κ1) is 22.8. The fourth-order valence-electron chi connectivity index (χ4n) is 3.18. The summed E-state index contributed by atoms with van der Waals surface area (Å²) in [6.07, 6.45) is -5.34. The molecule has 0 amide bonds. The Morgan fingerprint density at radius 3 is 2.84 bits per heavy atom. The number of hydrogen-bond donors (Lipinski definition) is 2. The van der Waals surface area contributed by atoms with E-state index in [0.717, 1.165) is 0 Å². The van der Waals surface area contributed by atoms with Gasteiger partial charge in [0.2, 0.25) is 0 Å². The number of morpholine rings is 1. The monoisotopic (exact) mass is 439 g/mol. The molecule has 168 valence electrons. The number of rotatable bonds is 7. The molecule has 1 aliphatic heterocycles. The van der Waals surface area contributed by atoms with E-state index in [2.05, 4.69) is 9.97 Å². The number of halogens is 3. The molecule has 0 spiro atoms. The zero-order chi connectivity index (χ0) is 22.6. The van der Waals surface area contributed by atoms with E-state index in [9.17, 15) is 13.2 Å². The van der Waals surface area contributed by atoms with Crippen LogP contribution in [0.4, 0.5) is 24.7 Å². The molecule has 2 atom stereocenters. The molecule has 1 aromatic carbocycles. The van der Waals surface area contributed by atoms with Gasteiger partial charge in [-0.2, -0.15) is 13.2 Å². The zero-order valence-corrected chi connectivity index (χ0v) is 17.1. The van der Waals surface area contributed by atoms with Crippen LogP contribution in [0.15, 0.2) is 30.6 Å². The second-order valence-corrected chi connectivity index (χ2v) is 7.12. The number of anilines is 2. The van der Waals surface area contributed by atoms with E-state index in [1.54, 1.807) is 25.3 Å². The van der Waals surface area contributed by atoms with Crippen molar-refractivity contribution < 1.29 is 27.4 Å². The van der Waals surface area contributed by atoms with Gasteiger partial charge in [0, 0.05) is 31.0 Å². The number of nitrogens with two attached hydrogens (primary N) is 1. The van der Waals surface area contributed by atoms with Gasteiger partial charge >= 0.3 is 6.18 Å². The van der Waals surface area contributed by atoms with Crippen LogP contribution in [0.25, 0.3) is 0 Å². The minimum absolute atomic E-state index is 0.00613. The summed E-state index contributed by atoms with van der Waals surface area (Å²) in [6.45, 7) is 2.03. The number of hydrogen-bond acceptors (Lipinski definition) is 8. The highest BCUT2D eigenvalue weighted by Gasteiger charge is 2.43. The Hall–Kier alpha value is -2.92. The van der Waals surface area contributed by atoms with Crippen molar-refractivity contribution in [1.82, 2.24) is 9.97 Å².